The molecule has 0 aliphatic heterocycles. The first-order valence-electron chi connectivity index (χ1n) is 6.49. The average molecular weight is 446 g/mol. The zero-order chi connectivity index (χ0) is 14.8. The highest BCUT2D eigenvalue weighted by Gasteiger charge is 2.25. The van der Waals surface area contributed by atoms with Gasteiger partial charge in [-0.15, -0.1) is 0 Å². The second-order valence-electron chi connectivity index (χ2n) is 4.99. The Morgan fingerprint density at radius 3 is 2.65 bits per heavy atom. The Labute approximate surface area is 141 Å². The molecule has 0 bridgehead atoms. The van der Waals surface area contributed by atoms with Crippen molar-refractivity contribution >= 4 is 53.5 Å². The molecule has 1 aromatic rings. The lowest BCUT2D eigenvalue weighted by Gasteiger charge is -2.27. The molecule has 0 amide bonds. The smallest absolute Gasteiger partial charge is 0.211 e. The van der Waals surface area contributed by atoms with Gasteiger partial charge < -0.3 is 0 Å². The predicted octanol–water partition coefficient (Wildman–Crippen LogP) is 4.33. The molecule has 1 aliphatic carbocycles. The van der Waals surface area contributed by atoms with E-state index in [1.807, 2.05) is 0 Å². The number of nitrogens with one attached hydrogen (secondary N) is 1. The van der Waals surface area contributed by atoms with Crippen molar-refractivity contribution in [3.63, 3.8) is 0 Å². The maximum atomic E-state index is 12.3. The summed E-state index contributed by atoms with van der Waals surface area (Å²) in [6.45, 7) is 0.471. The summed E-state index contributed by atoms with van der Waals surface area (Å²) < 4.78 is 27.8. The minimum absolute atomic E-state index is 0.232. The SMILES string of the molecule is O=S(=O)(NCC1CCCCC1Br)c1ccc(Cl)c(Br)c1. The minimum atomic E-state index is -3.48. The van der Waals surface area contributed by atoms with Gasteiger partial charge in [-0.25, -0.2) is 13.1 Å². The molecule has 1 fully saturated rings. The summed E-state index contributed by atoms with van der Waals surface area (Å²) in [5.74, 6) is 0.356. The molecule has 2 atom stereocenters. The third kappa shape index (κ3) is 4.19. The highest BCUT2D eigenvalue weighted by Crippen LogP contribution is 2.30. The number of alkyl halides is 1. The highest BCUT2D eigenvalue weighted by atomic mass is 79.9. The second kappa shape index (κ2) is 7.09. The number of rotatable bonds is 4. The number of sulfonamides is 1. The van der Waals surface area contributed by atoms with E-state index in [0.717, 1.165) is 12.8 Å². The topological polar surface area (TPSA) is 46.2 Å². The minimum Gasteiger partial charge on any atom is -0.211 e. The van der Waals surface area contributed by atoms with Crippen molar-refractivity contribution in [2.75, 3.05) is 6.54 Å². The van der Waals surface area contributed by atoms with Crippen LogP contribution in [0.1, 0.15) is 25.7 Å². The van der Waals surface area contributed by atoms with E-state index in [4.69, 9.17) is 11.6 Å². The molecule has 1 N–H and O–H groups in total. The molecule has 2 unspecified atom stereocenters. The Morgan fingerprint density at radius 1 is 1.30 bits per heavy atom. The first kappa shape index (κ1) is 16.7. The molecule has 1 saturated carbocycles. The standard InChI is InChI=1S/C13H16Br2ClNO2S/c14-11-4-2-1-3-9(11)8-17-20(18,19)10-5-6-13(16)12(15)7-10/h5-7,9,11,17H,1-4,8H2. The quantitative estimate of drug-likeness (QED) is 0.701. The van der Waals surface area contributed by atoms with Crippen LogP contribution in [0.4, 0.5) is 0 Å². The molecule has 0 saturated heterocycles. The van der Waals surface area contributed by atoms with Crippen LogP contribution in [0.25, 0.3) is 0 Å². The van der Waals surface area contributed by atoms with Gasteiger partial charge in [0, 0.05) is 15.8 Å². The maximum absolute atomic E-state index is 12.3. The monoisotopic (exact) mass is 443 g/mol. The van der Waals surface area contributed by atoms with Crippen LogP contribution < -0.4 is 4.72 Å². The van der Waals surface area contributed by atoms with E-state index in [0.29, 0.717) is 26.8 Å². The van der Waals surface area contributed by atoms with Crippen LogP contribution in [-0.4, -0.2) is 19.8 Å². The lowest BCUT2D eigenvalue weighted by atomic mass is 9.89. The molecule has 0 heterocycles. The van der Waals surface area contributed by atoms with Crippen molar-refractivity contribution in [1.82, 2.24) is 4.72 Å². The molecule has 20 heavy (non-hydrogen) atoms. The largest absolute Gasteiger partial charge is 0.240 e. The van der Waals surface area contributed by atoms with Gasteiger partial charge in [0.15, 0.2) is 0 Å². The van der Waals surface area contributed by atoms with E-state index in [9.17, 15) is 8.42 Å². The zero-order valence-corrected chi connectivity index (χ0v) is 15.5. The Kier molecular flexibility index (Phi) is 5.94. The predicted molar refractivity (Wildman–Crippen MR) is 89.0 cm³/mol. The summed E-state index contributed by atoms with van der Waals surface area (Å²) in [5.41, 5.74) is 0. The van der Waals surface area contributed by atoms with Gasteiger partial charge in [-0.1, -0.05) is 40.4 Å². The van der Waals surface area contributed by atoms with Crippen LogP contribution >= 0.6 is 43.5 Å². The molecule has 0 spiro atoms. The summed E-state index contributed by atoms with van der Waals surface area (Å²) in [5, 5.41) is 0.497. The maximum Gasteiger partial charge on any atom is 0.240 e. The molecule has 1 aromatic carbocycles. The van der Waals surface area contributed by atoms with Gasteiger partial charge in [0.05, 0.1) is 9.92 Å². The summed E-state index contributed by atoms with van der Waals surface area (Å²) in [4.78, 5) is 0.631. The number of benzene rings is 1. The van der Waals surface area contributed by atoms with Crippen molar-refractivity contribution < 1.29 is 8.42 Å². The van der Waals surface area contributed by atoms with Gasteiger partial charge in [0.2, 0.25) is 10.0 Å². The molecule has 7 heteroatoms. The van der Waals surface area contributed by atoms with E-state index >= 15 is 0 Å². The fourth-order valence-electron chi connectivity index (χ4n) is 2.34. The summed E-state index contributed by atoms with van der Waals surface area (Å²) >= 11 is 12.8. The van der Waals surface area contributed by atoms with Gasteiger partial charge in [-0.05, 0) is 52.9 Å². The van der Waals surface area contributed by atoms with E-state index in [1.54, 1.807) is 6.07 Å². The fraction of sp³-hybridized carbons (Fsp3) is 0.538. The van der Waals surface area contributed by atoms with E-state index in [2.05, 4.69) is 36.6 Å². The third-order valence-electron chi connectivity index (χ3n) is 3.55. The van der Waals surface area contributed by atoms with E-state index < -0.39 is 10.0 Å². The van der Waals surface area contributed by atoms with Crippen LogP contribution in [0.2, 0.25) is 5.02 Å². The summed E-state index contributed by atoms with van der Waals surface area (Å²) in [6.07, 6.45) is 4.55. The molecule has 0 aromatic heterocycles. The van der Waals surface area contributed by atoms with Gasteiger partial charge in [-0.3, -0.25) is 0 Å². The Hall–Kier alpha value is 0.380. The van der Waals surface area contributed by atoms with Crippen LogP contribution in [0, 0.1) is 5.92 Å². The Bertz CT molecular complexity index is 580. The number of hydrogen-bond donors (Lipinski definition) is 1. The molecule has 0 radical (unpaired) electrons. The molecule has 3 nitrogen and oxygen atoms in total. The average Bonchev–Trinajstić information content (AvgIpc) is 2.41. The number of hydrogen-bond acceptors (Lipinski definition) is 2. The first-order chi connectivity index (χ1) is 9.40. The van der Waals surface area contributed by atoms with Crippen LogP contribution in [-0.2, 0) is 10.0 Å². The molecule has 1 aliphatic rings. The Balaban J connectivity index is 2.05. The lowest BCUT2D eigenvalue weighted by Crippen LogP contribution is -2.34. The normalized spacial score (nSPS) is 23.8. The molecule has 2 rings (SSSR count). The summed E-state index contributed by atoms with van der Waals surface area (Å²) in [6, 6.07) is 4.62. The Morgan fingerprint density at radius 2 is 2.00 bits per heavy atom. The third-order valence-corrected chi connectivity index (χ3v) is 7.39. The second-order valence-corrected chi connectivity index (χ2v) is 9.19. The van der Waals surface area contributed by atoms with E-state index in [-0.39, 0.29) is 4.90 Å². The van der Waals surface area contributed by atoms with Crippen molar-refractivity contribution in [3.8, 4) is 0 Å². The van der Waals surface area contributed by atoms with Crippen molar-refractivity contribution in [2.24, 2.45) is 5.92 Å². The molecular weight excluding hydrogens is 429 g/mol. The molecule has 112 valence electrons. The first-order valence-corrected chi connectivity index (χ1v) is 10.1. The highest BCUT2D eigenvalue weighted by molar-refractivity contribution is 9.10. The van der Waals surface area contributed by atoms with Crippen molar-refractivity contribution in [2.45, 2.75) is 35.4 Å². The van der Waals surface area contributed by atoms with Gasteiger partial charge in [0.25, 0.3) is 0 Å². The van der Waals surface area contributed by atoms with Crippen molar-refractivity contribution in [1.29, 1.82) is 0 Å². The fourth-order valence-corrected chi connectivity index (χ4v) is 4.88. The van der Waals surface area contributed by atoms with Gasteiger partial charge >= 0.3 is 0 Å². The van der Waals surface area contributed by atoms with Crippen LogP contribution in [0.3, 0.4) is 0 Å². The van der Waals surface area contributed by atoms with Gasteiger partial charge in [-0.2, -0.15) is 0 Å². The van der Waals surface area contributed by atoms with Gasteiger partial charge in [0.1, 0.15) is 0 Å². The zero-order valence-electron chi connectivity index (χ0n) is 10.8. The molecular formula is C13H16Br2ClNO2S. The lowest BCUT2D eigenvalue weighted by molar-refractivity contribution is 0.373. The van der Waals surface area contributed by atoms with E-state index in [1.165, 1.54) is 25.0 Å². The van der Waals surface area contributed by atoms with Crippen molar-refractivity contribution in [3.05, 3.63) is 27.7 Å². The summed E-state index contributed by atoms with van der Waals surface area (Å²) in [7, 11) is -3.48. The van der Waals surface area contributed by atoms with Crippen LogP contribution in [0.5, 0.6) is 0 Å². The number of halogens is 3. The van der Waals surface area contributed by atoms with Crippen LogP contribution in [0.15, 0.2) is 27.6 Å².